The van der Waals surface area contributed by atoms with Crippen LogP contribution in [0.25, 0.3) is 11.1 Å². The standard InChI is InChI=1S/C15H19N3O/c1-19-9-3-8-17-15-7-6-13(11-18-15)12-4-2-5-14(16)10-12/h2,4-7,10-11H,3,8-9,16H2,1H3,(H,17,18). The molecule has 100 valence electrons. The molecule has 0 unspecified atom stereocenters. The number of methoxy groups -OCH3 is 1. The highest BCUT2D eigenvalue weighted by atomic mass is 16.5. The SMILES string of the molecule is COCCCNc1ccc(-c2cccc(N)c2)cn1. The van der Waals surface area contributed by atoms with Crippen molar-refractivity contribution in [1.82, 2.24) is 4.98 Å². The van der Waals surface area contributed by atoms with Gasteiger partial charge >= 0.3 is 0 Å². The molecule has 0 aliphatic carbocycles. The molecule has 1 heterocycles. The highest BCUT2D eigenvalue weighted by molar-refractivity contribution is 5.67. The van der Waals surface area contributed by atoms with E-state index < -0.39 is 0 Å². The van der Waals surface area contributed by atoms with Crippen molar-refractivity contribution in [3.05, 3.63) is 42.6 Å². The highest BCUT2D eigenvalue weighted by Gasteiger charge is 1.99. The Morgan fingerprint density at radius 1 is 1.21 bits per heavy atom. The summed E-state index contributed by atoms with van der Waals surface area (Å²) in [6, 6.07) is 11.8. The monoisotopic (exact) mass is 257 g/mol. The summed E-state index contributed by atoms with van der Waals surface area (Å²) in [6.07, 6.45) is 2.82. The van der Waals surface area contributed by atoms with Gasteiger partial charge in [0.25, 0.3) is 0 Å². The van der Waals surface area contributed by atoms with Gasteiger partial charge in [0.2, 0.25) is 0 Å². The van der Waals surface area contributed by atoms with Gasteiger partial charge in [0.15, 0.2) is 0 Å². The number of hydrogen-bond donors (Lipinski definition) is 2. The van der Waals surface area contributed by atoms with Crippen molar-refractivity contribution < 1.29 is 4.74 Å². The lowest BCUT2D eigenvalue weighted by atomic mass is 10.1. The summed E-state index contributed by atoms with van der Waals surface area (Å²) in [7, 11) is 1.71. The summed E-state index contributed by atoms with van der Waals surface area (Å²) >= 11 is 0. The molecule has 4 heteroatoms. The summed E-state index contributed by atoms with van der Waals surface area (Å²) in [5.74, 6) is 0.878. The first-order chi connectivity index (χ1) is 9.29. The normalized spacial score (nSPS) is 10.4. The van der Waals surface area contributed by atoms with Crippen molar-refractivity contribution in [2.24, 2.45) is 0 Å². The number of nitrogens with zero attached hydrogens (tertiary/aromatic N) is 1. The Morgan fingerprint density at radius 3 is 2.79 bits per heavy atom. The van der Waals surface area contributed by atoms with Crippen LogP contribution < -0.4 is 11.1 Å². The van der Waals surface area contributed by atoms with Crippen molar-refractivity contribution >= 4 is 11.5 Å². The quantitative estimate of drug-likeness (QED) is 0.617. The second-order valence-electron chi connectivity index (χ2n) is 4.33. The first kappa shape index (κ1) is 13.4. The van der Waals surface area contributed by atoms with Crippen LogP contribution in [0.5, 0.6) is 0 Å². The Labute approximate surface area is 113 Å². The van der Waals surface area contributed by atoms with Crippen molar-refractivity contribution in [2.75, 3.05) is 31.3 Å². The van der Waals surface area contributed by atoms with Gasteiger partial charge in [0.05, 0.1) is 0 Å². The van der Waals surface area contributed by atoms with Crippen LogP contribution in [0.15, 0.2) is 42.6 Å². The molecule has 0 aliphatic rings. The maximum absolute atomic E-state index is 5.78. The number of pyridine rings is 1. The summed E-state index contributed by atoms with van der Waals surface area (Å²) in [5, 5.41) is 3.25. The summed E-state index contributed by atoms with van der Waals surface area (Å²) in [4.78, 5) is 4.39. The van der Waals surface area contributed by atoms with Crippen LogP contribution in [0, 0.1) is 0 Å². The maximum Gasteiger partial charge on any atom is 0.125 e. The predicted octanol–water partition coefficient (Wildman–Crippen LogP) is 2.78. The van der Waals surface area contributed by atoms with Crippen molar-refractivity contribution in [3.8, 4) is 11.1 Å². The van der Waals surface area contributed by atoms with Gasteiger partial charge in [-0.3, -0.25) is 0 Å². The van der Waals surface area contributed by atoms with Gasteiger partial charge in [0.1, 0.15) is 5.82 Å². The first-order valence-corrected chi connectivity index (χ1v) is 6.34. The number of aromatic nitrogens is 1. The molecule has 0 bridgehead atoms. The number of nitrogen functional groups attached to an aromatic ring is 1. The lowest BCUT2D eigenvalue weighted by Crippen LogP contribution is -2.05. The van der Waals surface area contributed by atoms with Crippen LogP contribution in [-0.2, 0) is 4.74 Å². The Kier molecular flexibility index (Phi) is 4.75. The van der Waals surface area contributed by atoms with E-state index in [-0.39, 0.29) is 0 Å². The first-order valence-electron chi connectivity index (χ1n) is 6.34. The average molecular weight is 257 g/mol. The molecule has 0 radical (unpaired) electrons. The largest absolute Gasteiger partial charge is 0.399 e. The maximum atomic E-state index is 5.78. The number of nitrogens with one attached hydrogen (secondary N) is 1. The Balaban J connectivity index is 1.98. The van der Waals surface area contributed by atoms with E-state index in [1.54, 1.807) is 7.11 Å². The fraction of sp³-hybridized carbons (Fsp3) is 0.267. The number of ether oxygens (including phenoxy) is 1. The molecule has 0 aliphatic heterocycles. The van der Waals surface area contributed by atoms with Gasteiger partial charge in [-0.25, -0.2) is 4.98 Å². The fourth-order valence-electron chi connectivity index (χ4n) is 1.82. The molecule has 0 amide bonds. The van der Waals surface area contributed by atoms with Crippen LogP contribution in [0.2, 0.25) is 0 Å². The van der Waals surface area contributed by atoms with Crippen LogP contribution >= 0.6 is 0 Å². The number of rotatable bonds is 6. The molecule has 1 aromatic heterocycles. The average Bonchev–Trinajstić information content (AvgIpc) is 2.44. The van der Waals surface area contributed by atoms with Crippen LogP contribution in [0.1, 0.15) is 6.42 Å². The van der Waals surface area contributed by atoms with Gasteiger partial charge in [0, 0.05) is 37.7 Å². The number of nitrogens with two attached hydrogens (primary N) is 1. The highest BCUT2D eigenvalue weighted by Crippen LogP contribution is 2.21. The van der Waals surface area contributed by atoms with Gasteiger partial charge in [-0.15, -0.1) is 0 Å². The zero-order valence-corrected chi connectivity index (χ0v) is 11.1. The predicted molar refractivity (Wildman–Crippen MR) is 79.1 cm³/mol. The van der Waals surface area contributed by atoms with Gasteiger partial charge in [-0.05, 0) is 36.2 Å². The Bertz CT molecular complexity index is 511. The third-order valence-electron chi connectivity index (χ3n) is 2.81. The third kappa shape index (κ3) is 3.96. The minimum atomic E-state index is 0.758. The number of anilines is 2. The van der Waals surface area contributed by atoms with E-state index in [1.807, 2.05) is 42.6 Å². The van der Waals surface area contributed by atoms with Crippen LogP contribution in [0.3, 0.4) is 0 Å². The molecule has 0 spiro atoms. The summed E-state index contributed by atoms with van der Waals surface area (Å²) in [5.41, 5.74) is 8.69. The fourth-order valence-corrected chi connectivity index (χ4v) is 1.82. The van der Waals surface area contributed by atoms with E-state index in [9.17, 15) is 0 Å². The zero-order chi connectivity index (χ0) is 13.5. The molecule has 3 N–H and O–H groups in total. The Hall–Kier alpha value is -2.07. The van der Waals surface area contributed by atoms with E-state index in [0.717, 1.165) is 42.2 Å². The van der Waals surface area contributed by atoms with E-state index in [1.165, 1.54) is 0 Å². The molecule has 4 nitrogen and oxygen atoms in total. The molecule has 0 atom stereocenters. The van der Waals surface area contributed by atoms with Crippen LogP contribution in [-0.4, -0.2) is 25.2 Å². The number of hydrogen-bond acceptors (Lipinski definition) is 4. The molecule has 0 saturated carbocycles. The molecule has 2 rings (SSSR count). The topological polar surface area (TPSA) is 60.2 Å². The van der Waals surface area contributed by atoms with E-state index >= 15 is 0 Å². The van der Waals surface area contributed by atoms with E-state index in [4.69, 9.17) is 10.5 Å². The van der Waals surface area contributed by atoms with Crippen LogP contribution in [0.4, 0.5) is 11.5 Å². The minimum Gasteiger partial charge on any atom is -0.399 e. The van der Waals surface area contributed by atoms with Gasteiger partial charge < -0.3 is 15.8 Å². The van der Waals surface area contributed by atoms with E-state index in [2.05, 4.69) is 10.3 Å². The van der Waals surface area contributed by atoms with Gasteiger partial charge in [-0.2, -0.15) is 0 Å². The second kappa shape index (κ2) is 6.75. The zero-order valence-electron chi connectivity index (χ0n) is 11.1. The molecule has 1 aromatic carbocycles. The van der Waals surface area contributed by atoms with Crippen molar-refractivity contribution in [1.29, 1.82) is 0 Å². The third-order valence-corrected chi connectivity index (χ3v) is 2.81. The molecule has 0 saturated heterocycles. The molecular formula is C15H19N3O. The second-order valence-corrected chi connectivity index (χ2v) is 4.33. The minimum absolute atomic E-state index is 0.758. The molecule has 2 aromatic rings. The molecule has 19 heavy (non-hydrogen) atoms. The lowest BCUT2D eigenvalue weighted by Gasteiger charge is -2.07. The smallest absolute Gasteiger partial charge is 0.125 e. The lowest BCUT2D eigenvalue weighted by molar-refractivity contribution is 0.198. The number of benzene rings is 1. The Morgan fingerprint density at radius 2 is 2.11 bits per heavy atom. The molecule has 0 fully saturated rings. The summed E-state index contributed by atoms with van der Waals surface area (Å²) in [6.45, 7) is 1.62. The molecular weight excluding hydrogens is 238 g/mol. The summed E-state index contributed by atoms with van der Waals surface area (Å²) < 4.78 is 5.00. The van der Waals surface area contributed by atoms with Crippen molar-refractivity contribution in [3.63, 3.8) is 0 Å². The van der Waals surface area contributed by atoms with Crippen molar-refractivity contribution in [2.45, 2.75) is 6.42 Å². The van der Waals surface area contributed by atoms with E-state index in [0.29, 0.717) is 0 Å². The van der Waals surface area contributed by atoms with Gasteiger partial charge in [-0.1, -0.05) is 12.1 Å².